The molecule has 0 bridgehead atoms. The van der Waals surface area contributed by atoms with Crippen molar-refractivity contribution in [3.05, 3.63) is 11.3 Å². The van der Waals surface area contributed by atoms with Crippen molar-refractivity contribution < 1.29 is 30.1 Å². The zero-order valence-corrected chi connectivity index (χ0v) is 15.5. The molecule has 1 heterocycles. The third-order valence-electron chi connectivity index (χ3n) is 5.33. The second-order valence-corrected chi connectivity index (χ2v) is 8.23. The minimum absolute atomic E-state index is 0.0928. The van der Waals surface area contributed by atoms with Gasteiger partial charge in [-0.3, -0.25) is 4.79 Å². The third-order valence-corrected chi connectivity index (χ3v) is 5.33. The quantitative estimate of drug-likeness (QED) is 0.326. The minimum atomic E-state index is -0.899. The molecule has 6 heteroatoms. The highest BCUT2D eigenvalue weighted by Crippen LogP contribution is 2.36. The minimum Gasteiger partial charge on any atom is -0.512 e. The lowest BCUT2D eigenvalue weighted by Crippen LogP contribution is -3.25. The number of aliphatic hydroxyl groups excluding tert-OH is 2. The van der Waals surface area contributed by atoms with Gasteiger partial charge in [0, 0.05) is 12.8 Å². The van der Waals surface area contributed by atoms with Crippen molar-refractivity contribution in [2.24, 2.45) is 5.41 Å². The number of nitrogens with one attached hydrogen (secondary N) is 2. The maximum Gasteiger partial charge on any atom is 0.223 e. The number of carbonyl (C=O) groups excluding carboxylic acids is 1. The van der Waals surface area contributed by atoms with Gasteiger partial charge in [-0.15, -0.1) is 0 Å². The van der Waals surface area contributed by atoms with Gasteiger partial charge in [0.05, 0.1) is 6.54 Å². The SMILES string of the molecule is CCC[NH+](CC[NH+]1CC[NH2+]CC1)[C@@H](O)C1=C(O)CC(C)(C)CC1=O. The third kappa shape index (κ3) is 5.02. The van der Waals surface area contributed by atoms with Crippen molar-refractivity contribution in [1.82, 2.24) is 0 Å². The summed E-state index contributed by atoms with van der Waals surface area (Å²) in [6, 6.07) is 0. The number of hydrogen-bond donors (Lipinski definition) is 5. The molecule has 0 aromatic rings. The fourth-order valence-corrected chi connectivity index (χ4v) is 4.00. The summed E-state index contributed by atoms with van der Waals surface area (Å²) in [5.74, 6) is 0.00189. The van der Waals surface area contributed by atoms with Crippen molar-refractivity contribution in [2.75, 3.05) is 45.8 Å². The highest BCUT2D eigenvalue weighted by Gasteiger charge is 2.39. The maximum atomic E-state index is 12.5. The summed E-state index contributed by atoms with van der Waals surface area (Å²) >= 11 is 0. The number of aliphatic hydroxyl groups is 2. The fourth-order valence-electron chi connectivity index (χ4n) is 4.00. The lowest BCUT2D eigenvalue weighted by atomic mass is 9.76. The molecule has 6 nitrogen and oxygen atoms in total. The van der Waals surface area contributed by atoms with Crippen LogP contribution < -0.4 is 15.1 Å². The predicted molar refractivity (Wildman–Crippen MR) is 91.9 cm³/mol. The van der Waals surface area contributed by atoms with Gasteiger partial charge >= 0.3 is 0 Å². The van der Waals surface area contributed by atoms with Crippen LogP contribution in [0.15, 0.2) is 11.3 Å². The molecule has 0 amide bonds. The molecule has 138 valence electrons. The summed E-state index contributed by atoms with van der Waals surface area (Å²) in [6.07, 6.45) is 0.918. The molecular weight excluding hydrogens is 306 g/mol. The van der Waals surface area contributed by atoms with E-state index in [-0.39, 0.29) is 22.5 Å². The Hall–Kier alpha value is -0.950. The van der Waals surface area contributed by atoms with Gasteiger partial charge in [0.25, 0.3) is 0 Å². The van der Waals surface area contributed by atoms with E-state index in [1.165, 1.54) is 13.1 Å². The topological polar surface area (TPSA) is 83.0 Å². The van der Waals surface area contributed by atoms with Gasteiger partial charge in [0.2, 0.25) is 6.23 Å². The van der Waals surface area contributed by atoms with Gasteiger partial charge in [-0.1, -0.05) is 20.8 Å². The van der Waals surface area contributed by atoms with Crippen LogP contribution in [0.25, 0.3) is 0 Å². The molecule has 0 spiro atoms. The lowest BCUT2D eigenvalue weighted by molar-refractivity contribution is -0.994. The molecule has 1 aliphatic heterocycles. The summed E-state index contributed by atoms with van der Waals surface area (Å²) in [7, 11) is 0. The Morgan fingerprint density at radius 3 is 2.50 bits per heavy atom. The van der Waals surface area contributed by atoms with E-state index in [4.69, 9.17) is 0 Å². The molecule has 0 aromatic carbocycles. The van der Waals surface area contributed by atoms with Gasteiger partial charge in [0.1, 0.15) is 50.6 Å². The highest BCUT2D eigenvalue weighted by molar-refractivity contribution is 5.97. The summed E-state index contributed by atoms with van der Waals surface area (Å²) in [4.78, 5) is 15.1. The van der Waals surface area contributed by atoms with E-state index in [1.54, 1.807) is 4.90 Å². The van der Waals surface area contributed by atoms with Crippen LogP contribution in [0.3, 0.4) is 0 Å². The molecule has 2 aliphatic rings. The van der Waals surface area contributed by atoms with Gasteiger partial charge < -0.3 is 25.3 Å². The van der Waals surface area contributed by atoms with Gasteiger partial charge in [-0.25, -0.2) is 0 Å². The van der Waals surface area contributed by atoms with Gasteiger partial charge in [0.15, 0.2) is 5.78 Å². The molecule has 1 fully saturated rings. The Labute approximate surface area is 145 Å². The van der Waals surface area contributed by atoms with E-state index >= 15 is 0 Å². The van der Waals surface area contributed by atoms with Crippen LogP contribution >= 0.6 is 0 Å². The summed E-state index contributed by atoms with van der Waals surface area (Å²) in [5, 5.41) is 23.5. The molecule has 0 saturated carbocycles. The predicted octanol–water partition coefficient (Wildman–Crippen LogP) is -2.74. The first-order valence-electron chi connectivity index (χ1n) is 9.47. The number of hydrogen-bond acceptors (Lipinski definition) is 3. The van der Waals surface area contributed by atoms with E-state index < -0.39 is 6.23 Å². The van der Waals surface area contributed by atoms with Crippen LogP contribution in [-0.4, -0.2) is 68.0 Å². The van der Waals surface area contributed by atoms with E-state index in [1.807, 2.05) is 13.8 Å². The summed E-state index contributed by atoms with van der Waals surface area (Å²) in [6.45, 7) is 13.4. The van der Waals surface area contributed by atoms with Crippen molar-refractivity contribution >= 4 is 5.78 Å². The van der Waals surface area contributed by atoms with Crippen LogP contribution in [0.1, 0.15) is 40.0 Å². The zero-order valence-electron chi connectivity index (χ0n) is 15.5. The summed E-state index contributed by atoms with van der Waals surface area (Å²) in [5.41, 5.74) is 0.0452. The smallest absolute Gasteiger partial charge is 0.223 e. The molecule has 1 unspecified atom stereocenters. The van der Waals surface area contributed by atoms with Crippen LogP contribution in [0, 0.1) is 5.41 Å². The lowest BCUT2D eigenvalue weighted by Gasteiger charge is -2.33. The standard InChI is InChI=1S/C18H33N3O3/c1-4-7-21(11-10-20-8-5-19-6-9-20)17(24)16-14(22)12-18(2,3)13-15(16)23/h17,19,22,24H,4-13H2,1-3H3/p+3/t17-/m0/s1. The first-order chi connectivity index (χ1) is 11.3. The molecule has 2 atom stereocenters. The van der Waals surface area contributed by atoms with Crippen molar-refractivity contribution in [3.63, 3.8) is 0 Å². The molecule has 0 aromatic heterocycles. The Morgan fingerprint density at radius 1 is 1.25 bits per heavy atom. The van der Waals surface area contributed by atoms with Crippen molar-refractivity contribution in [2.45, 2.75) is 46.3 Å². The number of allylic oxidation sites excluding steroid dienone is 1. The van der Waals surface area contributed by atoms with Crippen LogP contribution in [0.4, 0.5) is 0 Å². The van der Waals surface area contributed by atoms with E-state index in [2.05, 4.69) is 12.2 Å². The largest absolute Gasteiger partial charge is 0.512 e. The summed E-state index contributed by atoms with van der Waals surface area (Å²) < 4.78 is 0. The van der Waals surface area contributed by atoms with Gasteiger partial charge in [-0.2, -0.15) is 0 Å². The molecule has 2 rings (SSSR count). The fraction of sp³-hybridized carbons (Fsp3) is 0.833. The van der Waals surface area contributed by atoms with Crippen LogP contribution in [-0.2, 0) is 4.79 Å². The normalized spacial score (nSPS) is 24.9. The Bertz CT molecular complexity index is 470. The number of piperazine rings is 1. The molecule has 1 aliphatic carbocycles. The average Bonchev–Trinajstić information content (AvgIpc) is 2.50. The van der Waals surface area contributed by atoms with E-state index in [9.17, 15) is 15.0 Å². The molecule has 1 saturated heterocycles. The molecule has 6 N–H and O–H groups in total. The van der Waals surface area contributed by atoms with Crippen molar-refractivity contribution in [3.8, 4) is 0 Å². The highest BCUT2D eigenvalue weighted by atomic mass is 16.3. The molecule has 0 radical (unpaired) electrons. The number of quaternary nitrogens is 3. The van der Waals surface area contributed by atoms with Crippen LogP contribution in [0.5, 0.6) is 0 Å². The Kier molecular flexibility index (Phi) is 6.80. The molecule has 24 heavy (non-hydrogen) atoms. The number of rotatable bonds is 7. The Balaban J connectivity index is 2.04. The van der Waals surface area contributed by atoms with E-state index in [0.717, 1.165) is 44.0 Å². The number of Topliss-reactive ketones (excluding diaryl/α,β-unsaturated/α-hetero) is 1. The van der Waals surface area contributed by atoms with E-state index in [0.29, 0.717) is 12.8 Å². The van der Waals surface area contributed by atoms with Crippen LogP contribution in [0.2, 0.25) is 0 Å². The number of nitrogens with two attached hydrogens (primary N) is 1. The second-order valence-electron chi connectivity index (χ2n) is 8.23. The second kappa shape index (κ2) is 8.43. The first-order valence-corrected chi connectivity index (χ1v) is 9.47. The number of ketones is 1. The molecular formula is C18H36N3O3+3. The monoisotopic (exact) mass is 342 g/mol. The Morgan fingerprint density at radius 2 is 1.92 bits per heavy atom. The van der Waals surface area contributed by atoms with Crippen molar-refractivity contribution in [1.29, 1.82) is 0 Å². The average molecular weight is 343 g/mol. The van der Waals surface area contributed by atoms with Gasteiger partial charge in [-0.05, 0) is 11.8 Å². The zero-order chi connectivity index (χ0) is 17.7. The maximum absolute atomic E-state index is 12.5. The first kappa shape index (κ1) is 19.4. The number of carbonyl (C=O) groups is 1.